The molecule has 0 spiro atoms. The molecule has 0 saturated carbocycles. The molecule has 3 heteroatoms. The maximum atomic E-state index is 12.0. The lowest BCUT2D eigenvalue weighted by atomic mass is 9.82. The Balaban J connectivity index is 2.51. The summed E-state index contributed by atoms with van der Waals surface area (Å²) < 4.78 is 0. The highest BCUT2D eigenvalue weighted by atomic mass is 16.2. The summed E-state index contributed by atoms with van der Waals surface area (Å²) in [4.78, 5) is 12.0. The van der Waals surface area contributed by atoms with E-state index in [-0.39, 0.29) is 11.9 Å². The van der Waals surface area contributed by atoms with Gasteiger partial charge in [0.05, 0.1) is 5.41 Å². The Morgan fingerprint density at radius 2 is 2.00 bits per heavy atom. The summed E-state index contributed by atoms with van der Waals surface area (Å²) in [6.07, 6.45) is 1.05. The molecule has 1 heterocycles. The molecule has 1 amide bonds. The summed E-state index contributed by atoms with van der Waals surface area (Å²) >= 11 is 0. The van der Waals surface area contributed by atoms with Gasteiger partial charge in [0.15, 0.2) is 0 Å². The van der Waals surface area contributed by atoms with E-state index in [2.05, 4.69) is 31.3 Å². The number of hydrogen-bond acceptors (Lipinski definition) is 2. The summed E-state index contributed by atoms with van der Waals surface area (Å²) in [7, 11) is 0. The number of aryl methyl sites for hydroxylation is 1. The highest BCUT2D eigenvalue weighted by Crippen LogP contribution is 2.41. The topological polar surface area (TPSA) is 55.1 Å². The fourth-order valence-electron chi connectivity index (χ4n) is 2.64. The maximum Gasteiger partial charge on any atom is 0.234 e. The Morgan fingerprint density at radius 1 is 1.37 bits per heavy atom. The molecule has 1 aromatic rings. The van der Waals surface area contributed by atoms with E-state index in [0.717, 1.165) is 28.8 Å². The van der Waals surface area contributed by atoms with Crippen molar-refractivity contribution in [2.75, 3.05) is 5.32 Å². The zero-order valence-electron chi connectivity index (χ0n) is 12.5. The minimum absolute atomic E-state index is 0.0282. The van der Waals surface area contributed by atoms with Gasteiger partial charge in [-0.05, 0) is 43.4 Å². The Hall–Kier alpha value is -1.35. The zero-order chi connectivity index (χ0) is 14.4. The van der Waals surface area contributed by atoms with Crippen molar-refractivity contribution in [1.82, 2.24) is 0 Å². The highest BCUT2D eigenvalue weighted by molar-refractivity contribution is 6.06. The number of benzene rings is 1. The van der Waals surface area contributed by atoms with Crippen LogP contribution in [0.15, 0.2) is 12.1 Å². The van der Waals surface area contributed by atoms with Gasteiger partial charge >= 0.3 is 0 Å². The van der Waals surface area contributed by atoms with Gasteiger partial charge in [-0.25, -0.2) is 0 Å². The second-order valence-electron chi connectivity index (χ2n) is 6.25. The number of fused-ring (bicyclic) bond motifs is 1. The van der Waals surface area contributed by atoms with E-state index < -0.39 is 5.41 Å². The molecule has 0 saturated heterocycles. The van der Waals surface area contributed by atoms with Gasteiger partial charge in [-0.15, -0.1) is 0 Å². The smallest absolute Gasteiger partial charge is 0.234 e. The van der Waals surface area contributed by atoms with Crippen LogP contribution in [0, 0.1) is 12.8 Å². The number of carbonyl (C=O) groups is 1. The molecule has 1 aliphatic rings. The molecule has 0 bridgehead atoms. The van der Waals surface area contributed by atoms with Crippen molar-refractivity contribution in [3.8, 4) is 0 Å². The van der Waals surface area contributed by atoms with Crippen molar-refractivity contribution in [2.45, 2.75) is 52.5 Å². The Labute approximate surface area is 115 Å². The van der Waals surface area contributed by atoms with Crippen molar-refractivity contribution < 1.29 is 4.79 Å². The fraction of sp³-hybridized carbons (Fsp3) is 0.562. The van der Waals surface area contributed by atoms with E-state index in [1.807, 2.05) is 20.8 Å². The molecule has 2 unspecified atom stereocenters. The van der Waals surface area contributed by atoms with E-state index in [1.54, 1.807) is 0 Å². The molecule has 0 radical (unpaired) electrons. The number of carbonyl (C=O) groups excluding carboxylic acids is 1. The normalized spacial score (nSPS) is 19.8. The Kier molecular flexibility index (Phi) is 3.43. The van der Waals surface area contributed by atoms with Gasteiger partial charge in [0, 0.05) is 11.7 Å². The summed E-state index contributed by atoms with van der Waals surface area (Å²) in [5.74, 6) is 0.505. The number of hydrogen-bond donors (Lipinski definition) is 2. The van der Waals surface area contributed by atoms with Gasteiger partial charge in [0.25, 0.3) is 0 Å². The molecular formula is C16H24N2O. The number of nitrogens with two attached hydrogens (primary N) is 1. The second-order valence-corrected chi connectivity index (χ2v) is 6.25. The van der Waals surface area contributed by atoms with E-state index >= 15 is 0 Å². The van der Waals surface area contributed by atoms with Crippen molar-refractivity contribution in [3.05, 3.63) is 28.8 Å². The summed E-state index contributed by atoms with van der Waals surface area (Å²) in [5, 5.41) is 2.99. The average Bonchev–Trinajstić information content (AvgIpc) is 2.60. The predicted molar refractivity (Wildman–Crippen MR) is 79.2 cm³/mol. The summed E-state index contributed by atoms with van der Waals surface area (Å²) in [6, 6.07) is 4.24. The van der Waals surface area contributed by atoms with Gasteiger partial charge in [0.1, 0.15) is 0 Å². The van der Waals surface area contributed by atoms with E-state index in [1.165, 1.54) is 0 Å². The van der Waals surface area contributed by atoms with Gasteiger partial charge in [0.2, 0.25) is 5.91 Å². The minimum atomic E-state index is -0.467. The van der Waals surface area contributed by atoms with E-state index in [0.29, 0.717) is 5.92 Å². The van der Waals surface area contributed by atoms with Crippen LogP contribution in [0.25, 0.3) is 0 Å². The second kappa shape index (κ2) is 4.64. The van der Waals surface area contributed by atoms with Crippen LogP contribution in [0.3, 0.4) is 0 Å². The van der Waals surface area contributed by atoms with Crippen molar-refractivity contribution in [1.29, 1.82) is 0 Å². The molecule has 0 aromatic heterocycles. The van der Waals surface area contributed by atoms with Crippen LogP contribution >= 0.6 is 0 Å². The van der Waals surface area contributed by atoms with Gasteiger partial charge in [-0.1, -0.05) is 32.4 Å². The number of amides is 1. The largest absolute Gasteiger partial charge is 0.325 e. The Morgan fingerprint density at radius 3 is 2.58 bits per heavy atom. The van der Waals surface area contributed by atoms with Crippen LogP contribution in [0.5, 0.6) is 0 Å². The van der Waals surface area contributed by atoms with E-state index in [9.17, 15) is 4.79 Å². The van der Waals surface area contributed by atoms with E-state index in [4.69, 9.17) is 5.73 Å². The third-order valence-electron chi connectivity index (χ3n) is 4.48. The first-order chi connectivity index (χ1) is 8.78. The molecule has 1 aliphatic heterocycles. The lowest BCUT2D eigenvalue weighted by Gasteiger charge is -2.22. The fourth-order valence-corrected chi connectivity index (χ4v) is 2.64. The van der Waals surface area contributed by atoms with Crippen molar-refractivity contribution >= 4 is 11.6 Å². The van der Waals surface area contributed by atoms with Crippen LogP contribution in [-0.4, -0.2) is 5.91 Å². The number of anilines is 1. The molecule has 0 fully saturated rings. The third kappa shape index (κ3) is 2.16. The summed E-state index contributed by atoms with van der Waals surface area (Å²) in [5.41, 5.74) is 10.1. The average molecular weight is 260 g/mol. The first kappa shape index (κ1) is 14.1. The van der Waals surface area contributed by atoms with Crippen LogP contribution < -0.4 is 11.1 Å². The molecule has 3 nitrogen and oxygen atoms in total. The molecule has 19 heavy (non-hydrogen) atoms. The third-order valence-corrected chi connectivity index (χ3v) is 4.48. The Bertz CT molecular complexity index is 520. The predicted octanol–water partition coefficient (Wildman–Crippen LogP) is 3.27. The molecule has 3 N–H and O–H groups in total. The monoisotopic (exact) mass is 260 g/mol. The molecule has 2 rings (SSSR count). The molecule has 2 atom stereocenters. The zero-order valence-corrected chi connectivity index (χ0v) is 12.5. The van der Waals surface area contributed by atoms with Crippen molar-refractivity contribution in [3.63, 3.8) is 0 Å². The molecule has 104 valence electrons. The first-order valence-electron chi connectivity index (χ1n) is 7.01. The first-order valence-corrected chi connectivity index (χ1v) is 7.01. The maximum absolute atomic E-state index is 12.0. The lowest BCUT2D eigenvalue weighted by molar-refractivity contribution is -0.119. The molecular weight excluding hydrogens is 236 g/mol. The van der Waals surface area contributed by atoms with Crippen LogP contribution in [-0.2, 0) is 10.2 Å². The van der Waals surface area contributed by atoms with Gasteiger partial charge < -0.3 is 11.1 Å². The highest BCUT2D eigenvalue weighted by Gasteiger charge is 2.39. The quantitative estimate of drug-likeness (QED) is 0.876. The minimum Gasteiger partial charge on any atom is -0.325 e. The van der Waals surface area contributed by atoms with Crippen LogP contribution in [0.4, 0.5) is 5.69 Å². The van der Waals surface area contributed by atoms with Gasteiger partial charge in [-0.2, -0.15) is 0 Å². The lowest BCUT2D eigenvalue weighted by Crippen LogP contribution is -2.27. The van der Waals surface area contributed by atoms with Crippen LogP contribution in [0.2, 0.25) is 0 Å². The van der Waals surface area contributed by atoms with Gasteiger partial charge in [-0.3, -0.25) is 4.79 Å². The molecule has 0 aliphatic carbocycles. The summed E-state index contributed by atoms with van der Waals surface area (Å²) in [6.45, 7) is 10.3. The molecule has 1 aromatic carbocycles. The standard InChI is InChI=1S/C16H24N2O/c1-6-9(2)13(17)11-7-10(3)14-12(8-11)16(4,5)15(19)18-14/h7-9,13H,6,17H2,1-5H3,(H,18,19). The van der Waals surface area contributed by atoms with Crippen molar-refractivity contribution in [2.24, 2.45) is 11.7 Å². The SMILES string of the molecule is CCC(C)C(N)c1cc(C)c2c(c1)C(C)(C)C(=O)N2. The number of rotatable bonds is 3. The van der Waals surface area contributed by atoms with Crippen LogP contribution in [0.1, 0.15) is 56.8 Å². The number of nitrogens with one attached hydrogen (secondary N) is 1.